The van der Waals surface area contributed by atoms with Crippen LogP contribution in [0.25, 0.3) is 0 Å². The second-order valence-corrected chi connectivity index (χ2v) is 9.05. The number of nitrogens with zero attached hydrogens (tertiary/aromatic N) is 4. The largest absolute Gasteiger partial charge is 0.342 e. The van der Waals surface area contributed by atoms with E-state index >= 15 is 0 Å². The number of aryl methyl sites for hydroxylation is 1. The molecule has 0 spiro atoms. The summed E-state index contributed by atoms with van der Waals surface area (Å²) in [5.41, 5.74) is 2.33. The summed E-state index contributed by atoms with van der Waals surface area (Å²) in [6, 6.07) is 8.75. The van der Waals surface area contributed by atoms with Gasteiger partial charge in [0.25, 0.3) is 11.8 Å². The summed E-state index contributed by atoms with van der Waals surface area (Å²) >= 11 is 0. The van der Waals surface area contributed by atoms with E-state index in [4.69, 9.17) is 0 Å². The van der Waals surface area contributed by atoms with Gasteiger partial charge in [-0.15, -0.1) is 0 Å². The van der Waals surface area contributed by atoms with Crippen LogP contribution in [-0.2, 0) is 4.79 Å². The zero-order valence-electron chi connectivity index (χ0n) is 19.8. The topological polar surface area (TPSA) is 85.9 Å². The number of carbonyl (C=O) groups is 3. The van der Waals surface area contributed by atoms with Crippen LogP contribution in [0.15, 0.2) is 42.7 Å². The molecular formula is C26H33N5O3. The van der Waals surface area contributed by atoms with Crippen LogP contribution in [0.3, 0.4) is 0 Å². The molecule has 2 aromatic rings. The third-order valence-electron chi connectivity index (χ3n) is 6.66. The number of pyridine rings is 1. The van der Waals surface area contributed by atoms with Crippen molar-refractivity contribution >= 4 is 23.4 Å². The van der Waals surface area contributed by atoms with E-state index in [0.717, 1.165) is 31.5 Å². The number of anilines is 1. The molecule has 180 valence electrons. The number of nitrogens with one attached hydrogen (secondary N) is 1. The Morgan fingerprint density at radius 1 is 0.853 bits per heavy atom. The molecule has 2 saturated heterocycles. The highest BCUT2D eigenvalue weighted by Crippen LogP contribution is 2.24. The monoisotopic (exact) mass is 463 g/mol. The van der Waals surface area contributed by atoms with Crippen LogP contribution < -0.4 is 5.32 Å². The molecular weight excluding hydrogens is 430 g/mol. The third-order valence-corrected chi connectivity index (χ3v) is 6.66. The zero-order chi connectivity index (χ0) is 23.9. The summed E-state index contributed by atoms with van der Waals surface area (Å²) in [4.78, 5) is 48.7. The quantitative estimate of drug-likeness (QED) is 0.737. The van der Waals surface area contributed by atoms with E-state index < -0.39 is 0 Å². The average Bonchev–Trinajstić information content (AvgIpc) is 3.16. The fourth-order valence-electron chi connectivity index (χ4n) is 4.59. The molecule has 3 heterocycles. The summed E-state index contributed by atoms with van der Waals surface area (Å²) in [7, 11) is 0. The van der Waals surface area contributed by atoms with Crippen molar-refractivity contribution in [3.05, 3.63) is 59.4 Å². The Balaban J connectivity index is 1.37. The zero-order valence-corrected chi connectivity index (χ0v) is 19.8. The minimum Gasteiger partial charge on any atom is -0.342 e. The van der Waals surface area contributed by atoms with Crippen molar-refractivity contribution in [2.75, 3.05) is 51.1 Å². The summed E-state index contributed by atoms with van der Waals surface area (Å²) in [6.45, 7) is 6.45. The van der Waals surface area contributed by atoms with Gasteiger partial charge in [0.05, 0.1) is 17.8 Å². The van der Waals surface area contributed by atoms with Crippen LogP contribution >= 0.6 is 0 Å². The van der Waals surface area contributed by atoms with Crippen LogP contribution in [0.5, 0.6) is 0 Å². The van der Waals surface area contributed by atoms with Crippen LogP contribution in [0, 0.1) is 6.92 Å². The summed E-state index contributed by atoms with van der Waals surface area (Å²) in [6.07, 6.45) is 7.71. The van der Waals surface area contributed by atoms with Crippen molar-refractivity contribution in [1.82, 2.24) is 19.7 Å². The second kappa shape index (κ2) is 11.2. The molecule has 0 bridgehead atoms. The number of aromatic nitrogens is 1. The maximum Gasteiger partial charge on any atom is 0.256 e. The molecule has 2 aliphatic heterocycles. The number of hydrogen-bond acceptors (Lipinski definition) is 5. The first-order chi connectivity index (χ1) is 16.5. The van der Waals surface area contributed by atoms with Gasteiger partial charge in [0.1, 0.15) is 0 Å². The SMILES string of the molecule is Cc1cccc(C(=O)N2CCN(CC(=O)N3CCCCCC3)CC2)c1NC(=O)c1ccncc1. The lowest BCUT2D eigenvalue weighted by molar-refractivity contribution is -0.132. The van der Waals surface area contributed by atoms with E-state index in [1.165, 1.54) is 12.8 Å². The fraction of sp³-hybridized carbons (Fsp3) is 0.462. The number of carbonyl (C=O) groups excluding carboxylic acids is 3. The van der Waals surface area contributed by atoms with Gasteiger partial charge in [0.2, 0.25) is 5.91 Å². The van der Waals surface area contributed by atoms with Crippen molar-refractivity contribution in [1.29, 1.82) is 0 Å². The highest BCUT2D eigenvalue weighted by molar-refractivity contribution is 6.09. The predicted molar refractivity (Wildman–Crippen MR) is 131 cm³/mol. The van der Waals surface area contributed by atoms with Crippen LogP contribution in [0.2, 0.25) is 0 Å². The molecule has 8 nitrogen and oxygen atoms in total. The highest BCUT2D eigenvalue weighted by Gasteiger charge is 2.27. The second-order valence-electron chi connectivity index (χ2n) is 9.05. The Hall–Kier alpha value is -3.26. The van der Waals surface area contributed by atoms with Crippen molar-refractivity contribution in [3.63, 3.8) is 0 Å². The number of benzene rings is 1. The molecule has 1 N–H and O–H groups in total. The summed E-state index contributed by atoms with van der Waals surface area (Å²) in [5, 5.41) is 2.92. The Morgan fingerprint density at radius 3 is 2.21 bits per heavy atom. The lowest BCUT2D eigenvalue weighted by Crippen LogP contribution is -2.51. The van der Waals surface area contributed by atoms with E-state index in [0.29, 0.717) is 49.5 Å². The molecule has 2 aliphatic rings. The van der Waals surface area contributed by atoms with E-state index in [-0.39, 0.29) is 17.7 Å². The molecule has 0 saturated carbocycles. The number of piperazine rings is 1. The average molecular weight is 464 g/mol. The smallest absolute Gasteiger partial charge is 0.256 e. The minimum atomic E-state index is -0.275. The lowest BCUT2D eigenvalue weighted by Gasteiger charge is -2.35. The maximum atomic E-state index is 13.4. The molecule has 1 aromatic heterocycles. The number of hydrogen-bond donors (Lipinski definition) is 1. The Labute approximate surface area is 200 Å². The number of rotatable bonds is 5. The predicted octanol–water partition coefficient (Wildman–Crippen LogP) is 2.80. The van der Waals surface area contributed by atoms with Crippen LogP contribution in [-0.4, -0.2) is 83.2 Å². The molecule has 4 rings (SSSR count). The van der Waals surface area contributed by atoms with Gasteiger partial charge in [0.15, 0.2) is 0 Å². The Morgan fingerprint density at radius 2 is 1.53 bits per heavy atom. The van der Waals surface area contributed by atoms with Gasteiger partial charge >= 0.3 is 0 Å². The van der Waals surface area contributed by atoms with Gasteiger partial charge < -0.3 is 15.1 Å². The van der Waals surface area contributed by atoms with Crippen molar-refractivity contribution in [2.45, 2.75) is 32.6 Å². The summed E-state index contributed by atoms with van der Waals surface area (Å²) in [5.74, 6) is -0.184. The lowest BCUT2D eigenvalue weighted by atomic mass is 10.1. The van der Waals surface area contributed by atoms with E-state index in [1.54, 1.807) is 30.6 Å². The third kappa shape index (κ3) is 5.80. The standard InChI is InChI=1S/C26H33N5O3/c1-20-7-6-8-22(24(20)28-25(33)21-9-11-27-12-10-21)26(34)31-17-15-29(16-18-31)19-23(32)30-13-4-2-3-5-14-30/h6-12H,2-5,13-19H2,1H3,(H,28,33). The maximum absolute atomic E-state index is 13.4. The molecule has 0 radical (unpaired) electrons. The first kappa shape index (κ1) is 23.9. The number of para-hydroxylation sites is 1. The molecule has 34 heavy (non-hydrogen) atoms. The first-order valence-electron chi connectivity index (χ1n) is 12.1. The van der Waals surface area contributed by atoms with Crippen LogP contribution in [0.1, 0.15) is 52.0 Å². The van der Waals surface area contributed by atoms with Gasteiger partial charge in [-0.25, -0.2) is 0 Å². The van der Waals surface area contributed by atoms with Gasteiger partial charge in [0, 0.05) is 57.2 Å². The fourth-order valence-corrected chi connectivity index (χ4v) is 4.59. The van der Waals surface area contributed by atoms with Gasteiger partial charge in [-0.3, -0.25) is 24.3 Å². The molecule has 8 heteroatoms. The molecule has 0 unspecified atom stereocenters. The number of amides is 3. The van der Waals surface area contributed by atoms with Gasteiger partial charge in [-0.05, 0) is 43.5 Å². The summed E-state index contributed by atoms with van der Waals surface area (Å²) < 4.78 is 0. The van der Waals surface area contributed by atoms with Crippen LogP contribution in [0.4, 0.5) is 5.69 Å². The van der Waals surface area contributed by atoms with E-state index in [1.807, 2.05) is 28.9 Å². The highest BCUT2D eigenvalue weighted by atomic mass is 16.2. The van der Waals surface area contributed by atoms with E-state index in [9.17, 15) is 14.4 Å². The van der Waals surface area contributed by atoms with Crippen molar-refractivity contribution < 1.29 is 14.4 Å². The van der Waals surface area contributed by atoms with Gasteiger partial charge in [-0.2, -0.15) is 0 Å². The minimum absolute atomic E-state index is 0.104. The Kier molecular flexibility index (Phi) is 7.90. The molecule has 2 fully saturated rings. The van der Waals surface area contributed by atoms with Crippen molar-refractivity contribution in [2.24, 2.45) is 0 Å². The Bertz CT molecular complexity index is 1010. The first-order valence-corrected chi connectivity index (χ1v) is 12.1. The number of likely N-dealkylation sites (tertiary alicyclic amines) is 1. The molecule has 1 aromatic carbocycles. The van der Waals surface area contributed by atoms with E-state index in [2.05, 4.69) is 15.2 Å². The normalized spacial score (nSPS) is 17.2. The van der Waals surface area contributed by atoms with Gasteiger partial charge in [-0.1, -0.05) is 25.0 Å². The molecule has 3 amide bonds. The molecule has 0 atom stereocenters. The molecule has 0 aliphatic carbocycles. The van der Waals surface area contributed by atoms with Crippen molar-refractivity contribution in [3.8, 4) is 0 Å².